The number of nitrogens with zero attached hydrogens (tertiary/aromatic N) is 1. The lowest BCUT2D eigenvalue weighted by Gasteiger charge is -2.18. The molecule has 37 heavy (non-hydrogen) atoms. The van der Waals surface area contributed by atoms with Gasteiger partial charge in [0, 0.05) is 25.1 Å². The van der Waals surface area contributed by atoms with Crippen LogP contribution in [0.4, 0.5) is 0 Å². The Hall–Kier alpha value is -4.83. The molecule has 0 fully saturated rings. The third kappa shape index (κ3) is 11.4. The van der Waals surface area contributed by atoms with Crippen LogP contribution in [0.25, 0.3) is 0 Å². The molecule has 0 aromatic heterocycles. The summed E-state index contributed by atoms with van der Waals surface area (Å²) in [4.78, 5) is 105. The first-order valence-corrected chi connectivity index (χ1v) is 10.7. The number of nitrogens with two attached hydrogens (primary N) is 1. The fourth-order valence-electron chi connectivity index (χ4n) is 2.73. The van der Waals surface area contributed by atoms with Gasteiger partial charge in [-0.2, -0.15) is 0 Å². The molecule has 1 heterocycles. The molecule has 0 unspecified atom stereocenters. The molecule has 202 valence electrons. The Morgan fingerprint density at radius 2 is 1.41 bits per heavy atom. The molecule has 8 N–H and O–H groups in total. The Bertz CT molecular complexity index is 991. The first-order valence-electron chi connectivity index (χ1n) is 10.7. The van der Waals surface area contributed by atoms with Gasteiger partial charge in [-0.05, 0) is 6.92 Å². The van der Waals surface area contributed by atoms with Crippen molar-refractivity contribution in [2.75, 3.05) is 26.2 Å². The zero-order valence-electron chi connectivity index (χ0n) is 19.7. The van der Waals surface area contributed by atoms with Gasteiger partial charge in [-0.3, -0.25) is 48.1 Å². The lowest BCUT2D eigenvalue weighted by molar-refractivity contribution is -0.140. The van der Waals surface area contributed by atoms with E-state index in [0.29, 0.717) is 0 Å². The molecule has 1 aliphatic rings. The quantitative estimate of drug-likeness (QED) is 0.0997. The summed E-state index contributed by atoms with van der Waals surface area (Å²) in [5, 5.41) is 19.9. The summed E-state index contributed by atoms with van der Waals surface area (Å²) in [6.45, 7) is -0.623. The Morgan fingerprint density at radius 1 is 0.838 bits per heavy atom. The van der Waals surface area contributed by atoms with Crippen LogP contribution in [-0.4, -0.2) is 101 Å². The van der Waals surface area contributed by atoms with Crippen molar-refractivity contribution in [1.29, 1.82) is 0 Å². The highest BCUT2D eigenvalue weighted by Crippen LogP contribution is 2.04. The highest BCUT2D eigenvalue weighted by molar-refractivity contribution is 6.13. The SMILES string of the molecule is C[C@H](NC(=O)CNC(=O)CNC(=O)[C@H](CC(=O)O)NC(=O)CCN1C(=O)C=CC1=O)C(=O)NCC(N)=O. The highest BCUT2D eigenvalue weighted by Gasteiger charge is 2.27. The molecule has 0 saturated heterocycles. The molecule has 0 aromatic carbocycles. The monoisotopic (exact) mass is 525 g/mol. The van der Waals surface area contributed by atoms with E-state index in [1.165, 1.54) is 6.92 Å². The van der Waals surface area contributed by atoms with E-state index < -0.39 is 97.8 Å². The second-order valence-corrected chi connectivity index (χ2v) is 7.60. The number of amides is 8. The van der Waals surface area contributed by atoms with E-state index >= 15 is 0 Å². The predicted molar refractivity (Wildman–Crippen MR) is 120 cm³/mol. The molecule has 8 amide bonds. The molecule has 0 radical (unpaired) electrons. The van der Waals surface area contributed by atoms with Crippen LogP contribution in [0.2, 0.25) is 0 Å². The van der Waals surface area contributed by atoms with Crippen LogP contribution < -0.4 is 32.3 Å². The molecule has 1 aliphatic heterocycles. The van der Waals surface area contributed by atoms with E-state index in [9.17, 15) is 43.2 Å². The lowest BCUT2D eigenvalue weighted by atomic mass is 10.2. The molecule has 0 saturated carbocycles. The number of imide groups is 1. The van der Waals surface area contributed by atoms with Crippen LogP contribution in [0, 0.1) is 0 Å². The Labute approximate surface area is 209 Å². The van der Waals surface area contributed by atoms with Crippen molar-refractivity contribution in [2.24, 2.45) is 5.73 Å². The predicted octanol–water partition coefficient (Wildman–Crippen LogP) is -5.40. The van der Waals surface area contributed by atoms with Gasteiger partial charge in [0.15, 0.2) is 0 Å². The van der Waals surface area contributed by atoms with Gasteiger partial charge in [0.2, 0.25) is 35.4 Å². The van der Waals surface area contributed by atoms with Crippen molar-refractivity contribution in [1.82, 2.24) is 31.5 Å². The van der Waals surface area contributed by atoms with Crippen molar-refractivity contribution in [3.8, 4) is 0 Å². The van der Waals surface area contributed by atoms with E-state index in [4.69, 9.17) is 10.8 Å². The molecule has 2 atom stereocenters. The molecule has 0 aliphatic carbocycles. The van der Waals surface area contributed by atoms with E-state index in [1.807, 2.05) is 0 Å². The lowest BCUT2D eigenvalue weighted by Crippen LogP contribution is -2.51. The van der Waals surface area contributed by atoms with Gasteiger partial charge >= 0.3 is 5.97 Å². The maximum atomic E-state index is 12.3. The number of hydrogen-bond donors (Lipinski definition) is 7. The highest BCUT2D eigenvalue weighted by atomic mass is 16.4. The van der Waals surface area contributed by atoms with Gasteiger partial charge in [-0.25, -0.2) is 0 Å². The van der Waals surface area contributed by atoms with E-state index in [2.05, 4.69) is 26.6 Å². The van der Waals surface area contributed by atoms with Gasteiger partial charge < -0.3 is 37.4 Å². The van der Waals surface area contributed by atoms with Crippen LogP contribution in [-0.2, 0) is 43.2 Å². The van der Waals surface area contributed by atoms with Gasteiger partial charge in [-0.15, -0.1) is 0 Å². The number of hydrogen-bond acceptors (Lipinski definition) is 9. The Morgan fingerprint density at radius 3 is 1.97 bits per heavy atom. The molecular formula is C20H27N7O10. The van der Waals surface area contributed by atoms with Crippen molar-refractivity contribution in [2.45, 2.75) is 31.8 Å². The van der Waals surface area contributed by atoms with Crippen LogP contribution in [0.5, 0.6) is 0 Å². The molecule has 17 heteroatoms. The number of rotatable bonds is 15. The van der Waals surface area contributed by atoms with Gasteiger partial charge in [-0.1, -0.05) is 0 Å². The van der Waals surface area contributed by atoms with Crippen LogP contribution >= 0.6 is 0 Å². The standard InChI is InChI=1S/C20H27N7O10/c1-10(19(36)23-7-12(21)28)25-15(31)9-22-14(30)8-24-20(37)11(6-18(34)35)26-13(29)4-5-27-16(32)2-3-17(27)33/h2-3,10-11H,4-9H2,1H3,(H2,21,28)(H,22,30)(H,23,36)(H,24,37)(H,25,31)(H,26,29)(H,34,35)/t10-,11-/m0/s1. The van der Waals surface area contributed by atoms with Crippen LogP contribution in [0.15, 0.2) is 12.2 Å². The number of carboxylic acids is 1. The largest absolute Gasteiger partial charge is 0.481 e. The average molecular weight is 525 g/mol. The molecular weight excluding hydrogens is 498 g/mol. The maximum absolute atomic E-state index is 12.3. The first kappa shape index (κ1) is 30.2. The zero-order chi connectivity index (χ0) is 28.1. The van der Waals surface area contributed by atoms with Crippen LogP contribution in [0.1, 0.15) is 19.8 Å². The Kier molecular flexibility index (Phi) is 11.9. The molecule has 0 spiro atoms. The summed E-state index contributed by atoms with van der Waals surface area (Å²) < 4.78 is 0. The van der Waals surface area contributed by atoms with Crippen molar-refractivity contribution in [3.63, 3.8) is 0 Å². The maximum Gasteiger partial charge on any atom is 0.305 e. The number of nitrogens with one attached hydrogen (secondary N) is 5. The molecule has 17 nitrogen and oxygen atoms in total. The summed E-state index contributed by atoms with van der Waals surface area (Å²) in [7, 11) is 0. The fraction of sp³-hybridized carbons (Fsp3) is 0.450. The summed E-state index contributed by atoms with van der Waals surface area (Å²) in [5.74, 6) is -7.54. The summed E-state index contributed by atoms with van der Waals surface area (Å²) in [5.41, 5.74) is 4.89. The number of primary amides is 1. The third-order valence-electron chi connectivity index (χ3n) is 4.57. The summed E-state index contributed by atoms with van der Waals surface area (Å²) in [6, 6.07) is -2.61. The Balaban J connectivity index is 2.45. The number of carboxylic acid groups (broad SMARTS) is 1. The fourth-order valence-corrected chi connectivity index (χ4v) is 2.73. The molecule has 1 rings (SSSR count). The first-order chi connectivity index (χ1) is 17.3. The topological polar surface area (TPSA) is 263 Å². The number of carbonyl (C=O) groups is 9. The molecule has 0 aromatic rings. The van der Waals surface area contributed by atoms with E-state index in [0.717, 1.165) is 17.1 Å². The zero-order valence-corrected chi connectivity index (χ0v) is 19.7. The summed E-state index contributed by atoms with van der Waals surface area (Å²) in [6.07, 6.45) is 0.844. The second kappa shape index (κ2) is 14.5. The van der Waals surface area contributed by atoms with Crippen molar-refractivity contribution in [3.05, 3.63) is 12.2 Å². The van der Waals surface area contributed by atoms with E-state index in [1.54, 1.807) is 0 Å². The van der Waals surface area contributed by atoms with Crippen LogP contribution in [0.3, 0.4) is 0 Å². The smallest absolute Gasteiger partial charge is 0.305 e. The summed E-state index contributed by atoms with van der Waals surface area (Å²) >= 11 is 0. The third-order valence-corrected chi connectivity index (χ3v) is 4.57. The van der Waals surface area contributed by atoms with Gasteiger partial charge in [0.25, 0.3) is 11.8 Å². The molecule has 0 bridgehead atoms. The van der Waals surface area contributed by atoms with Gasteiger partial charge in [0.05, 0.1) is 26.1 Å². The number of carbonyl (C=O) groups excluding carboxylic acids is 8. The second-order valence-electron chi connectivity index (χ2n) is 7.60. The average Bonchev–Trinajstić information content (AvgIpc) is 3.14. The van der Waals surface area contributed by atoms with Gasteiger partial charge in [0.1, 0.15) is 12.1 Å². The minimum atomic E-state index is -1.57. The minimum Gasteiger partial charge on any atom is -0.481 e. The van der Waals surface area contributed by atoms with Crippen molar-refractivity contribution < 1.29 is 48.3 Å². The normalized spacial score (nSPS) is 13.8. The van der Waals surface area contributed by atoms with Crippen molar-refractivity contribution >= 4 is 53.2 Å². The number of aliphatic carboxylic acids is 1. The van der Waals surface area contributed by atoms with E-state index in [-0.39, 0.29) is 6.54 Å². The minimum absolute atomic E-state index is 0.284.